The molecule has 21 heavy (non-hydrogen) atoms. The average molecular weight is 285 g/mol. The van der Waals surface area contributed by atoms with Gasteiger partial charge in [0.1, 0.15) is 11.5 Å². The van der Waals surface area contributed by atoms with Crippen molar-refractivity contribution in [2.45, 2.75) is 53.5 Å². The van der Waals surface area contributed by atoms with Crippen molar-refractivity contribution in [1.29, 1.82) is 0 Å². The van der Waals surface area contributed by atoms with Crippen molar-refractivity contribution in [2.24, 2.45) is 0 Å². The van der Waals surface area contributed by atoms with Gasteiger partial charge in [-0.15, -0.1) is 0 Å². The first-order valence-corrected chi connectivity index (χ1v) is 7.97. The third kappa shape index (κ3) is 3.38. The lowest BCUT2D eigenvalue weighted by atomic mass is 9.94. The Bertz CT molecular complexity index is 580. The molecular weight excluding hydrogens is 258 g/mol. The van der Waals surface area contributed by atoms with Gasteiger partial charge >= 0.3 is 0 Å². The summed E-state index contributed by atoms with van der Waals surface area (Å²) in [5.74, 6) is 2.05. The van der Waals surface area contributed by atoms with Crippen LogP contribution >= 0.6 is 0 Å². The molecule has 0 aliphatic rings. The summed E-state index contributed by atoms with van der Waals surface area (Å²) in [6, 6.07) is 9.16. The molecule has 0 aliphatic carbocycles. The lowest BCUT2D eigenvalue weighted by Crippen LogP contribution is -2.24. The Morgan fingerprint density at radius 3 is 2.14 bits per heavy atom. The van der Waals surface area contributed by atoms with Gasteiger partial charge < -0.3 is 9.73 Å². The molecule has 0 fully saturated rings. The van der Waals surface area contributed by atoms with Gasteiger partial charge in [0.25, 0.3) is 0 Å². The van der Waals surface area contributed by atoms with E-state index in [1.807, 2.05) is 6.92 Å². The van der Waals surface area contributed by atoms with Crippen molar-refractivity contribution in [1.82, 2.24) is 5.32 Å². The highest BCUT2D eigenvalue weighted by atomic mass is 16.3. The number of nitrogens with one attached hydrogen (secondary N) is 1. The van der Waals surface area contributed by atoms with Crippen LogP contribution in [0.1, 0.15) is 60.1 Å². The van der Waals surface area contributed by atoms with Crippen LogP contribution < -0.4 is 5.32 Å². The SMILES string of the molecule is CCCNC(c1ccc(CC)cc1)c1c(C)oc(C)c1C. The first-order valence-electron chi connectivity index (χ1n) is 7.97. The third-order valence-corrected chi connectivity index (χ3v) is 4.23. The molecule has 1 atom stereocenters. The molecule has 2 heteroatoms. The summed E-state index contributed by atoms with van der Waals surface area (Å²) in [5, 5.41) is 3.67. The summed E-state index contributed by atoms with van der Waals surface area (Å²) in [6.07, 6.45) is 2.20. The van der Waals surface area contributed by atoms with Gasteiger partial charge in [-0.25, -0.2) is 0 Å². The third-order valence-electron chi connectivity index (χ3n) is 4.23. The predicted molar refractivity (Wildman–Crippen MR) is 88.9 cm³/mol. The smallest absolute Gasteiger partial charge is 0.106 e. The van der Waals surface area contributed by atoms with Crippen molar-refractivity contribution in [2.75, 3.05) is 6.54 Å². The summed E-state index contributed by atoms with van der Waals surface area (Å²) in [5.41, 5.74) is 5.25. The molecule has 1 unspecified atom stereocenters. The molecule has 0 bridgehead atoms. The van der Waals surface area contributed by atoms with E-state index in [1.165, 1.54) is 22.3 Å². The number of aryl methyl sites for hydroxylation is 3. The maximum atomic E-state index is 5.83. The van der Waals surface area contributed by atoms with E-state index >= 15 is 0 Å². The molecule has 114 valence electrons. The maximum absolute atomic E-state index is 5.83. The van der Waals surface area contributed by atoms with Crippen LogP contribution in [0.4, 0.5) is 0 Å². The van der Waals surface area contributed by atoms with E-state index in [4.69, 9.17) is 4.42 Å². The predicted octanol–water partition coefficient (Wildman–Crippen LogP) is 4.86. The van der Waals surface area contributed by atoms with Gasteiger partial charge in [-0.3, -0.25) is 0 Å². The minimum Gasteiger partial charge on any atom is -0.466 e. The highest BCUT2D eigenvalue weighted by molar-refractivity contribution is 5.41. The number of hydrogen-bond donors (Lipinski definition) is 1. The molecule has 0 radical (unpaired) electrons. The Morgan fingerprint density at radius 1 is 1.00 bits per heavy atom. The van der Waals surface area contributed by atoms with Gasteiger partial charge in [-0.05, 0) is 56.8 Å². The van der Waals surface area contributed by atoms with Crippen LogP contribution in [0.5, 0.6) is 0 Å². The molecule has 1 N–H and O–H groups in total. The van der Waals surface area contributed by atoms with Gasteiger partial charge in [0.15, 0.2) is 0 Å². The quantitative estimate of drug-likeness (QED) is 0.820. The molecule has 0 spiro atoms. The zero-order valence-corrected chi connectivity index (χ0v) is 13.9. The van der Waals surface area contributed by atoms with E-state index in [0.717, 1.165) is 30.9 Å². The molecule has 0 saturated carbocycles. The second kappa shape index (κ2) is 6.95. The second-order valence-corrected chi connectivity index (χ2v) is 5.74. The van der Waals surface area contributed by atoms with E-state index in [1.54, 1.807) is 0 Å². The van der Waals surface area contributed by atoms with Crippen LogP contribution in [0.3, 0.4) is 0 Å². The Labute approximate surface area is 128 Å². The molecule has 0 saturated heterocycles. The van der Waals surface area contributed by atoms with Crippen molar-refractivity contribution in [3.05, 3.63) is 58.0 Å². The molecule has 2 nitrogen and oxygen atoms in total. The highest BCUT2D eigenvalue weighted by Gasteiger charge is 2.22. The topological polar surface area (TPSA) is 25.2 Å². The number of hydrogen-bond acceptors (Lipinski definition) is 2. The van der Waals surface area contributed by atoms with Gasteiger partial charge in [-0.2, -0.15) is 0 Å². The zero-order valence-electron chi connectivity index (χ0n) is 13.9. The number of furan rings is 1. The van der Waals surface area contributed by atoms with E-state index in [0.29, 0.717) is 0 Å². The molecule has 0 aliphatic heterocycles. The molecule has 0 amide bonds. The van der Waals surface area contributed by atoms with E-state index in [9.17, 15) is 0 Å². The summed E-state index contributed by atoms with van der Waals surface area (Å²) >= 11 is 0. The summed E-state index contributed by atoms with van der Waals surface area (Å²) in [6.45, 7) is 11.7. The Hall–Kier alpha value is -1.54. The molecule has 1 heterocycles. The highest BCUT2D eigenvalue weighted by Crippen LogP contribution is 2.31. The standard InChI is InChI=1S/C19H27NO/c1-6-12-20-19(17-10-8-16(7-2)9-11-17)18-13(3)14(4)21-15(18)5/h8-11,19-20H,6-7,12H2,1-5H3. The van der Waals surface area contributed by atoms with E-state index in [2.05, 4.69) is 57.3 Å². The van der Waals surface area contributed by atoms with Gasteiger partial charge in [0, 0.05) is 5.56 Å². The first-order chi connectivity index (χ1) is 10.1. The minimum atomic E-state index is 0.216. The summed E-state index contributed by atoms with van der Waals surface area (Å²) in [4.78, 5) is 0. The lowest BCUT2D eigenvalue weighted by Gasteiger charge is -2.20. The molecule has 2 rings (SSSR count). The Kier molecular flexibility index (Phi) is 5.24. The molecular formula is C19H27NO. The second-order valence-electron chi connectivity index (χ2n) is 5.74. The summed E-state index contributed by atoms with van der Waals surface area (Å²) in [7, 11) is 0. The fraction of sp³-hybridized carbons (Fsp3) is 0.474. The maximum Gasteiger partial charge on any atom is 0.106 e. The van der Waals surface area contributed by atoms with Crippen LogP contribution in [0.15, 0.2) is 28.7 Å². The Balaban J connectivity index is 2.41. The van der Waals surface area contributed by atoms with Gasteiger partial charge in [0.2, 0.25) is 0 Å². The number of rotatable bonds is 6. The van der Waals surface area contributed by atoms with Crippen molar-refractivity contribution < 1.29 is 4.42 Å². The van der Waals surface area contributed by atoms with Crippen LogP contribution in [0, 0.1) is 20.8 Å². The Morgan fingerprint density at radius 2 is 1.67 bits per heavy atom. The number of benzene rings is 1. The average Bonchev–Trinajstić information content (AvgIpc) is 2.74. The lowest BCUT2D eigenvalue weighted by molar-refractivity contribution is 0.493. The molecule has 1 aromatic carbocycles. The van der Waals surface area contributed by atoms with Crippen LogP contribution in [-0.4, -0.2) is 6.54 Å². The largest absolute Gasteiger partial charge is 0.466 e. The van der Waals surface area contributed by atoms with Crippen LogP contribution in [0.2, 0.25) is 0 Å². The minimum absolute atomic E-state index is 0.216. The van der Waals surface area contributed by atoms with Crippen molar-refractivity contribution in [3.63, 3.8) is 0 Å². The fourth-order valence-corrected chi connectivity index (χ4v) is 2.86. The molecule has 1 aromatic heterocycles. The van der Waals surface area contributed by atoms with Crippen molar-refractivity contribution in [3.8, 4) is 0 Å². The zero-order chi connectivity index (χ0) is 15.4. The first kappa shape index (κ1) is 15.8. The van der Waals surface area contributed by atoms with Gasteiger partial charge in [-0.1, -0.05) is 38.1 Å². The van der Waals surface area contributed by atoms with E-state index in [-0.39, 0.29) is 6.04 Å². The monoisotopic (exact) mass is 285 g/mol. The van der Waals surface area contributed by atoms with Crippen molar-refractivity contribution >= 4 is 0 Å². The molecule has 2 aromatic rings. The van der Waals surface area contributed by atoms with Crippen LogP contribution in [0.25, 0.3) is 0 Å². The fourth-order valence-electron chi connectivity index (χ4n) is 2.86. The van der Waals surface area contributed by atoms with Crippen LogP contribution in [-0.2, 0) is 6.42 Å². The normalized spacial score (nSPS) is 12.6. The van der Waals surface area contributed by atoms with E-state index < -0.39 is 0 Å². The van der Waals surface area contributed by atoms with Gasteiger partial charge in [0.05, 0.1) is 6.04 Å². The summed E-state index contributed by atoms with van der Waals surface area (Å²) < 4.78 is 5.83.